The first-order valence-corrected chi connectivity index (χ1v) is 6.92. The van der Waals surface area contributed by atoms with Crippen molar-refractivity contribution in [3.8, 4) is 0 Å². The van der Waals surface area contributed by atoms with Gasteiger partial charge in [-0.15, -0.1) is 0 Å². The van der Waals surface area contributed by atoms with Crippen molar-refractivity contribution >= 4 is 5.97 Å². The molecule has 0 aromatic rings. The summed E-state index contributed by atoms with van der Waals surface area (Å²) in [7, 11) is 0. The van der Waals surface area contributed by atoms with Gasteiger partial charge >= 0.3 is 5.97 Å². The van der Waals surface area contributed by atoms with Gasteiger partial charge in [0.25, 0.3) is 0 Å². The zero-order valence-electron chi connectivity index (χ0n) is 10.8. The Hall–Kier alpha value is -0.610. The summed E-state index contributed by atoms with van der Waals surface area (Å²) in [5, 5.41) is 3.30. The van der Waals surface area contributed by atoms with E-state index >= 15 is 0 Å². The highest BCUT2D eigenvalue weighted by Crippen LogP contribution is 2.29. The quantitative estimate of drug-likeness (QED) is 0.535. The van der Waals surface area contributed by atoms with E-state index in [1.165, 1.54) is 25.8 Å². The van der Waals surface area contributed by atoms with E-state index in [4.69, 9.17) is 4.74 Å². The molecule has 1 aliphatic heterocycles. The average molecular weight is 240 g/mol. The number of ether oxygens (including phenoxy) is 1. The fourth-order valence-electron chi connectivity index (χ4n) is 2.33. The maximum Gasteiger partial charge on any atom is 0.319 e. The van der Waals surface area contributed by atoms with E-state index in [0.717, 1.165) is 25.4 Å². The van der Waals surface area contributed by atoms with E-state index in [1.54, 1.807) is 0 Å². The first kappa shape index (κ1) is 12.8. The summed E-state index contributed by atoms with van der Waals surface area (Å²) in [5.41, 5.74) is 0. The molecular weight excluding hydrogens is 216 g/mol. The molecule has 4 nitrogen and oxygen atoms in total. The Labute approximate surface area is 104 Å². The minimum absolute atomic E-state index is 0.108. The van der Waals surface area contributed by atoms with Crippen molar-refractivity contribution < 1.29 is 9.53 Å². The number of esters is 1. The molecule has 1 unspecified atom stereocenters. The van der Waals surface area contributed by atoms with Gasteiger partial charge in [-0.1, -0.05) is 13.3 Å². The van der Waals surface area contributed by atoms with Crippen LogP contribution in [0, 0.1) is 0 Å². The standard InChI is InChI=1S/C13H24N2O2/c1-2-3-8-17-13(16)9-14-11-6-7-15(10-11)12-4-5-12/h11-12,14H,2-10H2,1H3. The first-order valence-electron chi connectivity index (χ1n) is 6.92. The monoisotopic (exact) mass is 240 g/mol. The van der Waals surface area contributed by atoms with Crippen LogP contribution in [0.1, 0.15) is 39.0 Å². The van der Waals surface area contributed by atoms with Gasteiger partial charge in [-0.3, -0.25) is 9.69 Å². The summed E-state index contributed by atoms with van der Waals surface area (Å²) in [4.78, 5) is 13.9. The van der Waals surface area contributed by atoms with E-state index in [0.29, 0.717) is 19.2 Å². The number of hydrogen-bond acceptors (Lipinski definition) is 4. The summed E-state index contributed by atoms with van der Waals surface area (Å²) in [6, 6.07) is 1.33. The predicted molar refractivity (Wildman–Crippen MR) is 66.9 cm³/mol. The molecule has 1 saturated carbocycles. The van der Waals surface area contributed by atoms with Crippen LogP contribution in [0.3, 0.4) is 0 Å². The van der Waals surface area contributed by atoms with Crippen molar-refractivity contribution in [3.05, 3.63) is 0 Å². The molecule has 2 fully saturated rings. The fourth-order valence-corrected chi connectivity index (χ4v) is 2.33. The predicted octanol–water partition coefficient (Wildman–Crippen LogP) is 1.16. The Kier molecular flexibility index (Phi) is 4.80. The Balaban J connectivity index is 1.54. The molecule has 0 aromatic carbocycles. The Bertz CT molecular complexity index is 254. The Morgan fingerprint density at radius 2 is 2.24 bits per heavy atom. The van der Waals surface area contributed by atoms with Gasteiger partial charge in [0, 0.05) is 25.2 Å². The number of carbonyl (C=O) groups is 1. The number of nitrogens with one attached hydrogen (secondary N) is 1. The van der Waals surface area contributed by atoms with Crippen LogP contribution in [0.2, 0.25) is 0 Å². The van der Waals surface area contributed by atoms with Crippen LogP contribution in [0.15, 0.2) is 0 Å². The van der Waals surface area contributed by atoms with E-state index in [2.05, 4.69) is 17.1 Å². The normalized spacial score (nSPS) is 25.1. The highest BCUT2D eigenvalue weighted by molar-refractivity contribution is 5.71. The van der Waals surface area contributed by atoms with Gasteiger partial charge in [0.1, 0.15) is 0 Å². The molecule has 1 N–H and O–H groups in total. The van der Waals surface area contributed by atoms with E-state index in [-0.39, 0.29) is 5.97 Å². The number of hydrogen-bond donors (Lipinski definition) is 1. The summed E-state index contributed by atoms with van der Waals surface area (Å²) in [6.07, 6.45) is 5.93. The smallest absolute Gasteiger partial charge is 0.319 e. The van der Waals surface area contributed by atoms with E-state index in [9.17, 15) is 4.79 Å². The second-order valence-electron chi connectivity index (χ2n) is 5.17. The second-order valence-corrected chi connectivity index (χ2v) is 5.17. The highest BCUT2D eigenvalue weighted by atomic mass is 16.5. The molecule has 17 heavy (non-hydrogen) atoms. The van der Waals surface area contributed by atoms with E-state index < -0.39 is 0 Å². The molecule has 1 heterocycles. The maximum absolute atomic E-state index is 11.4. The van der Waals surface area contributed by atoms with E-state index in [1.807, 2.05) is 0 Å². The van der Waals surface area contributed by atoms with Crippen molar-refractivity contribution in [2.24, 2.45) is 0 Å². The average Bonchev–Trinajstić information content (AvgIpc) is 3.07. The van der Waals surface area contributed by atoms with Gasteiger partial charge in [0.15, 0.2) is 0 Å². The number of nitrogens with zero attached hydrogens (tertiary/aromatic N) is 1. The number of rotatable bonds is 7. The van der Waals surface area contributed by atoms with Crippen LogP contribution in [0.5, 0.6) is 0 Å². The van der Waals surface area contributed by atoms with Crippen molar-refractivity contribution in [3.63, 3.8) is 0 Å². The van der Waals surface area contributed by atoms with Crippen LogP contribution in [-0.2, 0) is 9.53 Å². The van der Waals surface area contributed by atoms with Crippen LogP contribution in [0.4, 0.5) is 0 Å². The topological polar surface area (TPSA) is 41.6 Å². The lowest BCUT2D eigenvalue weighted by Crippen LogP contribution is -2.37. The fraction of sp³-hybridized carbons (Fsp3) is 0.923. The first-order chi connectivity index (χ1) is 8.29. The molecule has 1 atom stereocenters. The Morgan fingerprint density at radius 1 is 1.41 bits per heavy atom. The molecule has 0 aromatic heterocycles. The van der Waals surface area contributed by atoms with Crippen molar-refractivity contribution in [2.45, 2.75) is 51.1 Å². The SMILES string of the molecule is CCCCOC(=O)CNC1CCN(C2CC2)C1. The van der Waals surface area contributed by atoms with Crippen molar-refractivity contribution in [2.75, 3.05) is 26.2 Å². The molecule has 0 amide bonds. The largest absolute Gasteiger partial charge is 0.465 e. The molecule has 0 spiro atoms. The minimum Gasteiger partial charge on any atom is -0.465 e. The molecule has 1 aliphatic carbocycles. The second kappa shape index (κ2) is 6.36. The Morgan fingerprint density at radius 3 is 2.94 bits per heavy atom. The van der Waals surface area contributed by atoms with Crippen LogP contribution < -0.4 is 5.32 Å². The summed E-state index contributed by atoms with van der Waals surface area (Å²) in [5.74, 6) is -0.108. The van der Waals surface area contributed by atoms with Crippen LogP contribution in [0.25, 0.3) is 0 Å². The number of carbonyl (C=O) groups excluding carboxylic acids is 1. The van der Waals surface area contributed by atoms with Gasteiger partial charge in [-0.05, 0) is 25.7 Å². The molecule has 0 bridgehead atoms. The molecule has 1 saturated heterocycles. The maximum atomic E-state index is 11.4. The highest BCUT2D eigenvalue weighted by Gasteiger charge is 2.34. The zero-order valence-corrected chi connectivity index (χ0v) is 10.8. The molecule has 2 aliphatic rings. The van der Waals surface area contributed by atoms with Crippen molar-refractivity contribution in [1.29, 1.82) is 0 Å². The summed E-state index contributed by atoms with van der Waals surface area (Å²) < 4.78 is 5.11. The summed E-state index contributed by atoms with van der Waals surface area (Å²) >= 11 is 0. The zero-order chi connectivity index (χ0) is 12.1. The van der Waals surface area contributed by atoms with Gasteiger partial charge in [-0.25, -0.2) is 0 Å². The molecule has 98 valence electrons. The molecular formula is C13H24N2O2. The van der Waals surface area contributed by atoms with Gasteiger partial charge in [-0.2, -0.15) is 0 Å². The van der Waals surface area contributed by atoms with Crippen LogP contribution in [-0.4, -0.2) is 49.2 Å². The molecule has 2 rings (SSSR count). The van der Waals surface area contributed by atoms with Gasteiger partial charge < -0.3 is 10.1 Å². The van der Waals surface area contributed by atoms with Gasteiger partial charge in [0.2, 0.25) is 0 Å². The van der Waals surface area contributed by atoms with Gasteiger partial charge in [0.05, 0.1) is 13.2 Å². The molecule has 0 radical (unpaired) electrons. The third-order valence-corrected chi connectivity index (χ3v) is 3.58. The number of unbranched alkanes of at least 4 members (excludes halogenated alkanes) is 1. The minimum atomic E-state index is -0.108. The number of likely N-dealkylation sites (tertiary alicyclic amines) is 1. The van der Waals surface area contributed by atoms with Crippen LogP contribution >= 0.6 is 0 Å². The lowest BCUT2D eigenvalue weighted by atomic mass is 10.2. The lowest BCUT2D eigenvalue weighted by Gasteiger charge is -2.15. The lowest BCUT2D eigenvalue weighted by molar-refractivity contribution is -0.142. The molecule has 4 heteroatoms. The third-order valence-electron chi connectivity index (χ3n) is 3.58. The third kappa shape index (κ3) is 4.28. The van der Waals surface area contributed by atoms with Crippen molar-refractivity contribution in [1.82, 2.24) is 10.2 Å². The summed E-state index contributed by atoms with van der Waals surface area (Å²) in [6.45, 7) is 5.32.